The van der Waals surface area contributed by atoms with E-state index in [2.05, 4.69) is 10.3 Å². The van der Waals surface area contributed by atoms with Gasteiger partial charge in [-0.2, -0.15) is 0 Å². The molecule has 1 aromatic heterocycles. The Kier molecular flexibility index (Phi) is 4.52. The van der Waals surface area contributed by atoms with E-state index >= 15 is 0 Å². The highest BCUT2D eigenvalue weighted by atomic mass is 19.1. The van der Waals surface area contributed by atoms with E-state index in [0.717, 1.165) is 5.69 Å². The quantitative estimate of drug-likeness (QED) is 0.831. The summed E-state index contributed by atoms with van der Waals surface area (Å²) >= 11 is 0. The normalized spacial score (nSPS) is 12.0. The standard InChI is InChI=1S/C16H17FN2O2/c1-10(19-16(21)14-7-8-18-11(14)2)9-15(20)12-3-5-13(17)6-4-12/h3-8,10,18H,9H2,1-2H3,(H,19,21)/t10-/m0/s1. The van der Waals surface area contributed by atoms with Crippen molar-refractivity contribution >= 4 is 11.7 Å². The van der Waals surface area contributed by atoms with Crippen LogP contribution in [0.25, 0.3) is 0 Å². The van der Waals surface area contributed by atoms with Gasteiger partial charge in [0.25, 0.3) is 5.91 Å². The first-order valence-corrected chi connectivity index (χ1v) is 6.71. The number of halogens is 1. The summed E-state index contributed by atoms with van der Waals surface area (Å²) in [5, 5.41) is 2.78. The first-order valence-electron chi connectivity index (χ1n) is 6.71. The number of aryl methyl sites for hydroxylation is 1. The summed E-state index contributed by atoms with van der Waals surface area (Å²) in [6.07, 6.45) is 1.86. The Morgan fingerprint density at radius 3 is 2.48 bits per heavy atom. The molecule has 1 heterocycles. The summed E-state index contributed by atoms with van der Waals surface area (Å²) in [4.78, 5) is 27.0. The molecule has 0 spiro atoms. The van der Waals surface area contributed by atoms with Gasteiger partial charge >= 0.3 is 0 Å². The van der Waals surface area contributed by atoms with Gasteiger partial charge in [0.05, 0.1) is 5.56 Å². The molecule has 1 aromatic carbocycles. The fraction of sp³-hybridized carbons (Fsp3) is 0.250. The van der Waals surface area contributed by atoms with Gasteiger partial charge in [-0.25, -0.2) is 4.39 Å². The highest BCUT2D eigenvalue weighted by molar-refractivity contribution is 5.98. The zero-order valence-corrected chi connectivity index (χ0v) is 11.9. The van der Waals surface area contributed by atoms with E-state index in [-0.39, 0.29) is 30.0 Å². The monoisotopic (exact) mass is 288 g/mol. The Hall–Kier alpha value is -2.43. The minimum Gasteiger partial charge on any atom is -0.365 e. The third kappa shape index (κ3) is 3.78. The van der Waals surface area contributed by atoms with Crippen LogP contribution in [-0.2, 0) is 0 Å². The van der Waals surface area contributed by atoms with Crippen molar-refractivity contribution in [2.45, 2.75) is 26.3 Å². The van der Waals surface area contributed by atoms with Gasteiger partial charge in [-0.05, 0) is 44.2 Å². The van der Waals surface area contributed by atoms with Crippen LogP contribution in [0.1, 0.15) is 39.8 Å². The SMILES string of the molecule is Cc1[nH]ccc1C(=O)N[C@@H](C)CC(=O)c1ccc(F)cc1. The molecule has 1 amide bonds. The number of Topliss-reactive ketones (excluding diaryl/α,β-unsaturated/α-hetero) is 1. The molecule has 0 unspecified atom stereocenters. The second-order valence-corrected chi connectivity index (χ2v) is 5.03. The maximum Gasteiger partial charge on any atom is 0.253 e. The fourth-order valence-corrected chi connectivity index (χ4v) is 2.08. The number of nitrogens with one attached hydrogen (secondary N) is 2. The van der Waals surface area contributed by atoms with Gasteiger partial charge in [0.15, 0.2) is 5.78 Å². The lowest BCUT2D eigenvalue weighted by atomic mass is 10.0. The molecule has 5 heteroatoms. The minimum atomic E-state index is -0.379. The number of carbonyl (C=O) groups is 2. The summed E-state index contributed by atoms with van der Waals surface area (Å²) < 4.78 is 12.8. The fourth-order valence-electron chi connectivity index (χ4n) is 2.08. The van der Waals surface area contributed by atoms with Crippen molar-refractivity contribution in [2.75, 3.05) is 0 Å². The maximum atomic E-state index is 12.8. The van der Waals surface area contributed by atoms with E-state index in [1.54, 1.807) is 19.2 Å². The number of rotatable bonds is 5. The predicted molar refractivity (Wildman–Crippen MR) is 77.8 cm³/mol. The predicted octanol–water partition coefficient (Wildman–Crippen LogP) is 2.85. The highest BCUT2D eigenvalue weighted by Crippen LogP contribution is 2.09. The van der Waals surface area contributed by atoms with Gasteiger partial charge in [0, 0.05) is 29.9 Å². The lowest BCUT2D eigenvalue weighted by Gasteiger charge is -2.13. The summed E-state index contributed by atoms with van der Waals surface area (Å²) in [6, 6.07) is 6.79. The molecule has 2 aromatic rings. The van der Waals surface area contributed by atoms with E-state index in [4.69, 9.17) is 0 Å². The maximum absolute atomic E-state index is 12.8. The van der Waals surface area contributed by atoms with Crippen LogP contribution in [0.4, 0.5) is 4.39 Å². The molecule has 0 fully saturated rings. The molecule has 0 saturated carbocycles. The number of amides is 1. The molecule has 110 valence electrons. The number of hydrogen-bond donors (Lipinski definition) is 2. The number of hydrogen-bond acceptors (Lipinski definition) is 2. The van der Waals surface area contributed by atoms with Crippen molar-refractivity contribution in [1.29, 1.82) is 0 Å². The minimum absolute atomic E-state index is 0.131. The van der Waals surface area contributed by atoms with Crippen LogP contribution in [-0.4, -0.2) is 22.7 Å². The van der Waals surface area contributed by atoms with Gasteiger partial charge in [-0.1, -0.05) is 0 Å². The first kappa shape index (κ1) is 15.0. The van der Waals surface area contributed by atoms with Crippen molar-refractivity contribution in [3.05, 3.63) is 59.2 Å². The molecule has 2 N–H and O–H groups in total. The Morgan fingerprint density at radius 2 is 1.90 bits per heavy atom. The first-order chi connectivity index (χ1) is 9.97. The molecular formula is C16H17FN2O2. The molecule has 0 aliphatic carbocycles. The van der Waals surface area contributed by atoms with E-state index < -0.39 is 0 Å². The highest BCUT2D eigenvalue weighted by Gasteiger charge is 2.16. The average Bonchev–Trinajstić information content (AvgIpc) is 2.85. The van der Waals surface area contributed by atoms with Crippen LogP contribution < -0.4 is 5.32 Å². The van der Waals surface area contributed by atoms with Gasteiger partial charge in [0.1, 0.15) is 5.82 Å². The van der Waals surface area contributed by atoms with Crippen molar-refractivity contribution in [3.63, 3.8) is 0 Å². The zero-order valence-electron chi connectivity index (χ0n) is 11.9. The van der Waals surface area contributed by atoms with Crippen LogP contribution in [0.2, 0.25) is 0 Å². The lowest BCUT2D eigenvalue weighted by Crippen LogP contribution is -2.34. The average molecular weight is 288 g/mol. The lowest BCUT2D eigenvalue weighted by molar-refractivity contribution is 0.0918. The zero-order chi connectivity index (χ0) is 15.4. The Morgan fingerprint density at radius 1 is 1.24 bits per heavy atom. The van der Waals surface area contributed by atoms with Gasteiger partial charge < -0.3 is 10.3 Å². The van der Waals surface area contributed by atoms with E-state index in [9.17, 15) is 14.0 Å². The van der Waals surface area contributed by atoms with Gasteiger partial charge in [-0.3, -0.25) is 9.59 Å². The largest absolute Gasteiger partial charge is 0.365 e. The van der Waals surface area contributed by atoms with Crippen molar-refractivity contribution in [2.24, 2.45) is 0 Å². The molecule has 0 aliphatic heterocycles. The smallest absolute Gasteiger partial charge is 0.253 e. The van der Waals surface area contributed by atoms with E-state index in [1.807, 2.05) is 6.92 Å². The molecule has 21 heavy (non-hydrogen) atoms. The van der Waals surface area contributed by atoms with Crippen molar-refractivity contribution in [1.82, 2.24) is 10.3 Å². The molecule has 4 nitrogen and oxygen atoms in total. The molecule has 0 bridgehead atoms. The van der Waals surface area contributed by atoms with Crippen LogP contribution in [0.3, 0.4) is 0 Å². The molecular weight excluding hydrogens is 271 g/mol. The van der Waals surface area contributed by atoms with Gasteiger partial charge in [0.2, 0.25) is 0 Å². The van der Waals surface area contributed by atoms with Gasteiger partial charge in [-0.15, -0.1) is 0 Å². The number of carbonyl (C=O) groups excluding carboxylic acids is 2. The van der Waals surface area contributed by atoms with Crippen LogP contribution >= 0.6 is 0 Å². The molecule has 1 atom stereocenters. The van der Waals surface area contributed by atoms with Crippen LogP contribution in [0.5, 0.6) is 0 Å². The molecule has 0 aliphatic rings. The second kappa shape index (κ2) is 6.35. The molecule has 0 saturated heterocycles. The topological polar surface area (TPSA) is 62.0 Å². The Bertz CT molecular complexity index is 647. The van der Waals surface area contributed by atoms with E-state index in [1.165, 1.54) is 24.3 Å². The Labute approximate surface area is 122 Å². The van der Waals surface area contributed by atoms with Crippen LogP contribution in [0, 0.1) is 12.7 Å². The molecule has 0 radical (unpaired) electrons. The number of ketones is 1. The number of aromatic nitrogens is 1. The Balaban J connectivity index is 1.94. The molecule has 2 rings (SSSR count). The summed E-state index contributed by atoms with van der Waals surface area (Å²) in [6.45, 7) is 3.57. The number of benzene rings is 1. The van der Waals surface area contributed by atoms with Crippen LogP contribution in [0.15, 0.2) is 36.5 Å². The van der Waals surface area contributed by atoms with Crippen molar-refractivity contribution in [3.8, 4) is 0 Å². The van der Waals surface area contributed by atoms with E-state index in [0.29, 0.717) is 11.1 Å². The van der Waals surface area contributed by atoms with Crippen molar-refractivity contribution < 1.29 is 14.0 Å². The summed E-state index contributed by atoms with van der Waals surface area (Å²) in [5.41, 5.74) is 1.79. The third-order valence-corrected chi connectivity index (χ3v) is 3.23. The summed E-state index contributed by atoms with van der Waals surface area (Å²) in [5.74, 6) is -0.724. The number of aromatic amines is 1. The number of H-pyrrole nitrogens is 1. The third-order valence-electron chi connectivity index (χ3n) is 3.23. The summed E-state index contributed by atoms with van der Waals surface area (Å²) in [7, 11) is 0. The second-order valence-electron chi connectivity index (χ2n) is 5.03.